The fourth-order valence-electron chi connectivity index (χ4n) is 1.90. The number of benzene rings is 1. The van der Waals surface area contributed by atoms with Gasteiger partial charge in [-0.3, -0.25) is 0 Å². The van der Waals surface area contributed by atoms with Crippen molar-refractivity contribution in [3.63, 3.8) is 0 Å². The molecule has 0 radical (unpaired) electrons. The van der Waals surface area contributed by atoms with Crippen molar-refractivity contribution in [1.29, 1.82) is 0 Å². The van der Waals surface area contributed by atoms with Crippen LogP contribution in [-0.2, 0) is 0 Å². The van der Waals surface area contributed by atoms with Gasteiger partial charge in [-0.1, -0.05) is 60.6 Å². The van der Waals surface area contributed by atoms with Crippen LogP contribution in [0.25, 0.3) is 0 Å². The molecule has 1 nitrogen and oxygen atoms in total. The summed E-state index contributed by atoms with van der Waals surface area (Å²) in [5.41, 5.74) is 3.12. The van der Waals surface area contributed by atoms with Crippen molar-refractivity contribution in [2.75, 3.05) is 6.61 Å². The highest BCUT2D eigenvalue weighted by Crippen LogP contribution is 2.36. The predicted molar refractivity (Wildman–Crippen MR) is 84.0 cm³/mol. The molecule has 1 unspecified atom stereocenters. The molecule has 0 saturated heterocycles. The van der Waals surface area contributed by atoms with Gasteiger partial charge in [0.1, 0.15) is 5.75 Å². The third-order valence-electron chi connectivity index (χ3n) is 3.66. The van der Waals surface area contributed by atoms with Crippen molar-refractivity contribution in [2.45, 2.75) is 61.3 Å². The molecule has 108 valence electrons. The van der Waals surface area contributed by atoms with Crippen LogP contribution in [0.5, 0.6) is 5.75 Å². The summed E-state index contributed by atoms with van der Waals surface area (Å²) in [6, 6.07) is 6.60. The van der Waals surface area contributed by atoms with Gasteiger partial charge in [-0.05, 0) is 40.9 Å². The molecule has 0 spiro atoms. The van der Waals surface area contributed by atoms with E-state index in [1.807, 2.05) is 0 Å². The van der Waals surface area contributed by atoms with Crippen LogP contribution in [-0.4, -0.2) is 6.61 Å². The molecule has 1 aromatic rings. The highest BCUT2D eigenvalue weighted by atomic mass is 16.5. The van der Waals surface area contributed by atoms with Crippen LogP contribution in [0.4, 0.5) is 0 Å². The van der Waals surface area contributed by atoms with Gasteiger partial charge in [0.15, 0.2) is 0 Å². The maximum absolute atomic E-state index is 5.92. The summed E-state index contributed by atoms with van der Waals surface area (Å²) < 4.78 is 5.92. The van der Waals surface area contributed by atoms with Crippen molar-refractivity contribution in [1.82, 2.24) is 0 Å². The topological polar surface area (TPSA) is 9.23 Å². The number of hydrogen-bond acceptors (Lipinski definition) is 1. The van der Waals surface area contributed by atoms with Crippen LogP contribution in [0.15, 0.2) is 18.2 Å². The first-order valence-corrected chi connectivity index (χ1v) is 7.24. The molecule has 1 rings (SSSR count). The maximum atomic E-state index is 5.92. The van der Waals surface area contributed by atoms with Crippen LogP contribution in [0, 0.1) is 17.8 Å². The minimum Gasteiger partial charge on any atom is -0.493 e. The Hall–Kier alpha value is -0.980. The lowest BCUT2D eigenvalue weighted by Gasteiger charge is -2.28. The van der Waals surface area contributed by atoms with E-state index in [1.54, 1.807) is 0 Å². The van der Waals surface area contributed by atoms with Gasteiger partial charge in [0.2, 0.25) is 0 Å². The number of rotatable bonds is 3. The zero-order valence-electron chi connectivity index (χ0n) is 13.9. The molecule has 1 heteroatoms. The molecule has 0 fully saturated rings. The molecule has 0 aromatic heterocycles. The maximum Gasteiger partial charge on any atom is 0.122 e. The summed E-state index contributed by atoms with van der Waals surface area (Å²) in [6.07, 6.45) is 0. The minimum atomic E-state index is 0.198. The highest BCUT2D eigenvalue weighted by Gasteiger charge is 2.22. The van der Waals surface area contributed by atoms with Gasteiger partial charge in [-0.15, -0.1) is 0 Å². The molecule has 0 amide bonds. The minimum absolute atomic E-state index is 0.198. The summed E-state index contributed by atoms with van der Waals surface area (Å²) in [7, 11) is 0. The summed E-state index contributed by atoms with van der Waals surface area (Å²) in [5, 5.41) is 0. The Balaban J connectivity index is 2.86. The van der Waals surface area contributed by atoms with Crippen molar-refractivity contribution < 1.29 is 4.74 Å². The molecule has 0 aliphatic carbocycles. The predicted octanol–water partition coefficient (Wildman–Crippen LogP) is 5.57. The number of ether oxygens (including phenoxy) is 1. The molecule has 0 N–H and O–H groups in total. The fourth-order valence-corrected chi connectivity index (χ4v) is 1.90. The molecular formula is C18H30O. The molecule has 1 atom stereocenters. The van der Waals surface area contributed by atoms with E-state index in [9.17, 15) is 0 Å². The lowest BCUT2D eigenvalue weighted by Crippen LogP contribution is -2.18. The lowest BCUT2D eigenvalue weighted by molar-refractivity contribution is 0.197. The van der Waals surface area contributed by atoms with E-state index in [0.29, 0.717) is 11.3 Å². The molecule has 1 aromatic carbocycles. The monoisotopic (exact) mass is 262 g/mol. The Morgan fingerprint density at radius 3 is 2.05 bits per heavy atom. The van der Waals surface area contributed by atoms with Crippen LogP contribution in [0.2, 0.25) is 0 Å². The molecule has 0 saturated carbocycles. The van der Waals surface area contributed by atoms with E-state index in [0.717, 1.165) is 12.4 Å². The first-order chi connectivity index (χ1) is 8.50. The zero-order valence-corrected chi connectivity index (χ0v) is 13.9. The molecule has 0 heterocycles. The van der Waals surface area contributed by atoms with E-state index in [-0.39, 0.29) is 5.41 Å². The molecule has 0 bridgehead atoms. The lowest BCUT2D eigenvalue weighted by atomic mass is 9.77. The smallest absolute Gasteiger partial charge is 0.122 e. The van der Waals surface area contributed by atoms with E-state index in [2.05, 4.69) is 73.6 Å². The Labute approximate surface area is 119 Å². The van der Waals surface area contributed by atoms with E-state index in [1.165, 1.54) is 11.1 Å². The van der Waals surface area contributed by atoms with Gasteiger partial charge < -0.3 is 4.74 Å². The average Bonchev–Trinajstić information content (AvgIpc) is 2.23. The highest BCUT2D eigenvalue weighted by molar-refractivity contribution is 5.38. The van der Waals surface area contributed by atoms with Crippen molar-refractivity contribution in [3.8, 4) is 5.75 Å². The molecule has 0 aliphatic rings. The Morgan fingerprint density at radius 1 is 1.05 bits per heavy atom. The summed E-state index contributed by atoms with van der Waals surface area (Å²) in [4.78, 5) is 0. The summed E-state index contributed by atoms with van der Waals surface area (Å²) in [6.45, 7) is 18.6. The molecular weight excluding hydrogens is 232 g/mol. The van der Waals surface area contributed by atoms with Crippen molar-refractivity contribution >= 4 is 0 Å². The van der Waals surface area contributed by atoms with E-state index < -0.39 is 0 Å². The quantitative estimate of drug-likeness (QED) is 0.692. The molecule has 0 aliphatic heterocycles. The SMILES string of the molecule is Cc1cc(C(C)C(C)(C)C)ccc1OCC(C)(C)C. The van der Waals surface area contributed by atoms with Crippen LogP contribution in [0.1, 0.15) is 65.5 Å². The van der Waals surface area contributed by atoms with Gasteiger partial charge in [-0.2, -0.15) is 0 Å². The first-order valence-electron chi connectivity index (χ1n) is 7.24. The fraction of sp³-hybridized carbons (Fsp3) is 0.667. The second-order valence-corrected chi connectivity index (χ2v) is 7.96. The Morgan fingerprint density at radius 2 is 1.63 bits per heavy atom. The third-order valence-corrected chi connectivity index (χ3v) is 3.66. The van der Waals surface area contributed by atoms with Gasteiger partial charge in [-0.25, -0.2) is 0 Å². The second kappa shape index (κ2) is 5.56. The number of hydrogen-bond donors (Lipinski definition) is 0. The number of aryl methyl sites for hydroxylation is 1. The summed E-state index contributed by atoms with van der Waals surface area (Å²) in [5.74, 6) is 1.56. The first kappa shape index (κ1) is 16.1. The normalized spacial score (nSPS) is 14.3. The van der Waals surface area contributed by atoms with Gasteiger partial charge in [0, 0.05) is 0 Å². The van der Waals surface area contributed by atoms with Crippen LogP contribution in [0.3, 0.4) is 0 Å². The average molecular weight is 262 g/mol. The standard InChI is InChI=1S/C18H30O/c1-13-11-15(14(2)18(6,7)8)9-10-16(13)19-12-17(3,4)5/h9-11,14H,12H2,1-8H3. The Kier molecular flexibility index (Phi) is 4.71. The Bertz CT molecular complexity index is 418. The molecule has 19 heavy (non-hydrogen) atoms. The van der Waals surface area contributed by atoms with Crippen LogP contribution < -0.4 is 4.74 Å². The van der Waals surface area contributed by atoms with Gasteiger partial charge in [0.25, 0.3) is 0 Å². The zero-order chi connectivity index (χ0) is 14.8. The summed E-state index contributed by atoms with van der Waals surface area (Å²) >= 11 is 0. The van der Waals surface area contributed by atoms with Crippen molar-refractivity contribution in [3.05, 3.63) is 29.3 Å². The third kappa shape index (κ3) is 4.89. The van der Waals surface area contributed by atoms with Gasteiger partial charge >= 0.3 is 0 Å². The van der Waals surface area contributed by atoms with Gasteiger partial charge in [0.05, 0.1) is 6.61 Å². The largest absolute Gasteiger partial charge is 0.493 e. The van der Waals surface area contributed by atoms with E-state index in [4.69, 9.17) is 4.74 Å². The van der Waals surface area contributed by atoms with Crippen molar-refractivity contribution in [2.24, 2.45) is 10.8 Å². The van der Waals surface area contributed by atoms with Crippen LogP contribution >= 0.6 is 0 Å². The van der Waals surface area contributed by atoms with E-state index >= 15 is 0 Å². The second-order valence-electron chi connectivity index (χ2n) is 7.96.